The van der Waals surface area contributed by atoms with Crippen LogP contribution in [0.2, 0.25) is 0 Å². The van der Waals surface area contributed by atoms with E-state index >= 15 is 0 Å². The van der Waals surface area contributed by atoms with Crippen LogP contribution in [0.3, 0.4) is 0 Å². The minimum atomic E-state index is -0.224. The first-order valence-corrected chi connectivity index (χ1v) is 10.7. The molecule has 3 aromatic rings. The first-order valence-electron chi connectivity index (χ1n) is 10.7. The van der Waals surface area contributed by atoms with Gasteiger partial charge in [-0.3, -0.25) is 4.90 Å². The Hall–Kier alpha value is -2.69. The molecule has 0 saturated carbocycles. The van der Waals surface area contributed by atoms with Crippen LogP contribution in [-0.4, -0.2) is 24.0 Å². The van der Waals surface area contributed by atoms with Crippen molar-refractivity contribution in [3.63, 3.8) is 0 Å². The molecule has 0 aliphatic carbocycles. The predicted molar refractivity (Wildman–Crippen MR) is 119 cm³/mol. The number of benzene rings is 3. The van der Waals surface area contributed by atoms with E-state index in [-0.39, 0.29) is 5.82 Å². The lowest BCUT2D eigenvalue weighted by Crippen LogP contribution is -2.41. The number of hydrogen-bond acceptors (Lipinski definition) is 3. The molecule has 1 heterocycles. The lowest BCUT2D eigenvalue weighted by atomic mass is 10.0. The molecule has 156 valence electrons. The van der Waals surface area contributed by atoms with E-state index in [4.69, 9.17) is 4.74 Å². The molecule has 3 aromatic carbocycles. The summed E-state index contributed by atoms with van der Waals surface area (Å²) in [5, 5.41) is 3.71. The van der Waals surface area contributed by atoms with Crippen LogP contribution in [0, 0.1) is 5.82 Å². The number of nitrogens with zero attached hydrogens (tertiary/aromatic N) is 1. The maximum absolute atomic E-state index is 13.1. The minimum Gasteiger partial charge on any atom is -0.489 e. The molecular weight excluding hydrogens is 375 g/mol. The zero-order valence-corrected chi connectivity index (χ0v) is 17.3. The Morgan fingerprint density at radius 3 is 2.30 bits per heavy atom. The molecule has 0 atom stereocenters. The first-order chi connectivity index (χ1) is 14.8. The summed E-state index contributed by atoms with van der Waals surface area (Å²) in [6, 6.07) is 25.8. The van der Waals surface area contributed by atoms with E-state index in [0.29, 0.717) is 12.6 Å². The molecular formula is C26H29FN2O. The van der Waals surface area contributed by atoms with E-state index < -0.39 is 0 Å². The minimum absolute atomic E-state index is 0.224. The van der Waals surface area contributed by atoms with Gasteiger partial charge in [0.15, 0.2) is 0 Å². The van der Waals surface area contributed by atoms with Crippen molar-refractivity contribution >= 4 is 0 Å². The summed E-state index contributed by atoms with van der Waals surface area (Å²) in [5.74, 6) is 0.661. The third-order valence-electron chi connectivity index (χ3n) is 5.70. The molecule has 4 heteroatoms. The average Bonchev–Trinajstić information content (AvgIpc) is 2.79. The molecule has 1 N–H and O–H groups in total. The number of rotatable bonds is 8. The number of piperidine rings is 1. The lowest BCUT2D eigenvalue weighted by Gasteiger charge is -2.32. The van der Waals surface area contributed by atoms with Gasteiger partial charge >= 0.3 is 0 Å². The van der Waals surface area contributed by atoms with Crippen LogP contribution in [0.1, 0.15) is 29.5 Å². The largest absolute Gasteiger partial charge is 0.489 e. The summed E-state index contributed by atoms with van der Waals surface area (Å²) in [6.07, 6.45) is 2.32. The molecule has 0 amide bonds. The van der Waals surface area contributed by atoms with Crippen molar-refractivity contribution in [1.82, 2.24) is 10.2 Å². The van der Waals surface area contributed by atoms with E-state index in [1.807, 2.05) is 18.2 Å². The number of halogens is 1. The summed E-state index contributed by atoms with van der Waals surface area (Å²) in [7, 11) is 0. The van der Waals surface area contributed by atoms with Crippen molar-refractivity contribution < 1.29 is 9.13 Å². The van der Waals surface area contributed by atoms with E-state index in [1.54, 1.807) is 12.1 Å². The Kier molecular flexibility index (Phi) is 7.11. The number of nitrogens with one attached hydrogen (secondary N) is 1. The molecule has 1 aliphatic rings. The Bertz CT molecular complexity index is 906. The molecule has 4 rings (SSSR count). The highest BCUT2D eigenvalue weighted by molar-refractivity contribution is 5.33. The first kappa shape index (κ1) is 20.6. The van der Waals surface area contributed by atoms with Crippen LogP contribution in [0.5, 0.6) is 5.75 Å². The van der Waals surface area contributed by atoms with Crippen LogP contribution in [0.25, 0.3) is 0 Å². The van der Waals surface area contributed by atoms with Gasteiger partial charge in [-0.1, -0.05) is 60.7 Å². The van der Waals surface area contributed by atoms with E-state index in [2.05, 4.69) is 46.6 Å². The molecule has 3 nitrogen and oxygen atoms in total. The van der Waals surface area contributed by atoms with Gasteiger partial charge in [-0.25, -0.2) is 4.39 Å². The maximum Gasteiger partial charge on any atom is 0.124 e. The summed E-state index contributed by atoms with van der Waals surface area (Å²) in [6.45, 7) is 4.51. The Morgan fingerprint density at radius 2 is 1.53 bits per heavy atom. The molecule has 0 unspecified atom stereocenters. The van der Waals surface area contributed by atoms with E-state index in [1.165, 1.54) is 17.7 Å². The Labute approximate surface area is 178 Å². The van der Waals surface area contributed by atoms with Gasteiger partial charge in [0.1, 0.15) is 18.2 Å². The highest BCUT2D eigenvalue weighted by atomic mass is 19.1. The second-order valence-corrected chi connectivity index (χ2v) is 7.94. The normalized spacial score (nSPS) is 15.2. The number of likely N-dealkylation sites (tertiary alicyclic amines) is 1. The SMILES string of the molecule is Fc1ccc(COc2ccccc2CNC2CCN(Cc3ccccc3)CC2)cc1. The fourth-order valence-corrected chi connectivity index (χ4v) is 3.92. The van der Waals surface area contributed by atoms with Crippen molar-refractivity contribution in [3.05, 3.63) is 101 Å². The van der Waals surface area contributed by atoms with Crippen LogP contribution in [0.4, 0.5) is 4.39 Å². The van der Waals surface area contributed by atoms with Gasteiger partial charge < -0.3 is 10.1 Å². The third-order valence-corrected chi connectivity index (χ3v) is 5.70. The molecule has 0 spiro atoms. The van der Waals surface area contributed by atoms with Gasteiger partial charge in [-0.15, -0.1) is 0 Å². The molecule has 1 fully saturated rings. The summed E-state index contributed by atoms with van der Waals surface area (Å²) < 4.78 is 19.1. The predicted octanol–water partition coefficient (Wildman–Crippen LogP) is 5.16. The third kappa shape index (κ3) is 5.91. The molecule has 1 aliphatic heterocycles. The fraction of sp³-hybridized carbons (Fsp3) is 0.308. The van der Waals surface area contributed by atoms with Crippen molar-refractivity contribution in [3.8, 4) is 5.75 Å². The standard InChI is InChI=1S/C26H29FN2O/c27-24-12-10-22(11-13-24)20-30-26-9-5-4-8-23(26)18-28-25-14-16-29(17-15-25)19-21-6-2-1-3-7-21/h1-13,25,28H,14-20H2. The summed E-state index contributed by atoms with van der Waals surface area (Å²) in [4.78, 5) is 2.53. The van der Waals surface area contributed by atoms with Gasteiger partial charge in [0, 0.05) is 24.7 Å². The second kappa shape index (κ2) is 10.4. The molecule has 0 radical (unpaired) electrons. The monoisotopic (exact) mass is 404 g/mol. The van der Waals surface area contributed by atoms with Gasteiger partial charge in [0.05, 0.1) is 0 Å². The van der Waals surface area contributed by atoms with E-state index in [9.17, 15) is 4.39 Å². The summed E-state index contributed by atoms with van der Waals surface area (Å²) in [5.41, 5.74) is 3.51. The zero-order chi connectivity index (χ0) is 20.6. The van der Waals surface area contributed by atoms with Crippen molar-refractivity contribution in [2.45, 2.75) is 38.6 Å². The van der Waals surface area contributed by atoms with Gasteiger partial charge in [-0.05, 0) is 55.3 Å². The molecule has 1 saturated heterocycles. The molecule has 0 bridgehead atoms. The topological polar surface area (TPSA) is 24.5 Å². The maximum atomic E-state index is 13.1. The highest BCUT2D eigenvalue weighted by Crippen LogP contribution is 2.21. The van der Waals surface area contributed by atoms with Crippen molar-refractivity contribution in [2.24, 2.45) is 0 Å². The average molecular weight is 405 g/mol. The van der Waals surface area contributed by atoms with Gasteiger partial charge in [-0.2, -0.15) is 0 Å². The van der Waals surface area contributed by atoms with Crippen LogP contribution in [0.15, 0.2) is 78.9 Å². The zero-order valence-electron chi connectivity index (χ0n) is 17.3. The number of ether oxygens (including phenoxy) is 1. The quantitative estimate of drug-likeness (QED) is 0.561. The Morgan fingerprint density at radius 1 is 0.833 bits per heavy atom. The highest BCUT2D eigenvalue weighted by Gasteiger charge is 2.19. The number of hydrogen-bond donors (Lipinski definition) is 1. The number of para-hydroxylation sites is 1. The van der Waals surface area contributed by atoms with Crippen molar-refractivity contribution in [1.29, 1.82) is 0 Å². The summed E-state index contributed by atoms with van der Waals surface area (Å²) >= 11 is 0. The smallest absolute Gasteiger partial charge is 0.124 e. The Balaban J connectivity index is 1.25. The van der Waals surface area contributed by atoms with Crippen LogP contribution < -0.4 is 10.1 Å². The van der Waals surface area contributed by atoms with Crippen molar-refractivity contribution in [2.75, 3.05) is 13.1 Å². The fourth-order valence-electron chi connectivity index (χ4n) is 3.92. The second-order valence-electron chi connectivity index (χ2n) is 7.94. The van der Waals surface area contributed by atoms with Gasteiger partial charge in [0.2, 0.25) is 0 Å². The lowest BCUT2D eigenvalue weighted by molar-refractivity contribution is 0.189. The molecule has 0 aromatic heterocycles. The molecule has 30 heavy (non-hydrogen) atoms. The van der Waals surface area contributed by atoms with Crippen LogP contribution in [-0.2, 0) is 19.7 Å². The van der Waals surface area contributed by atoms with Gasteiger partial charge in [0.25, 0.3) is 0 Å². The van der Waals surface area contributed by atoms with E-state index in [0.717, 1.165) is 55.9 Å². The van der Waals surface area contributed by atoms with Crippen LogP contribution >= 0.6 is 0 Å².